The third-order valence-electron chi connectivity index (χ3n) is 2.99. The molecular formula is C15H17N5OS. The van der Waals surface area contributed by atoms with E-state index in [0.29, 0.717) is 11.0 Å². The number of hydrogen-bond acceptors (Lipinski definition) is 5. The topological polar surface area (TPSA) is 85.8 Å². The number of aryl methyl sites for hydroxylation is 1. The number of nitrogen functional groups attached to an aromatic ring is 1. The van der Waals surface area contributed by atoms with Crippen molar-refractivity contribution in [2.75, 3.05) is 12.4 Å². The largest absolute Gasteiger partial charge is 0.344 e. The Labute approximate surface area is 133 Å². The summed E-state index contributed by atoms with van der Waals surface area (Å²) >= 11 is 1.23. The van der Waals surface area contributed by atoms with E-state index in [2.05, 4.69) is 21.4 Å². The summed E-state index contributed by atoms with van der Waals surface area (Å²) in [5.41, 5.74) is 2.03. The third kappa shape index (κ3) is 3.59. The van der Waals surface area contributed by atoms with Crippen LogP contribution in [0.15, 0.2) is 29.4 Å². The van der Waals surface area contributed by atoms with Crippen molar-refractivity contribution in [1.82, 2.24) is 20.2 Å². The average Bonchev–Trinajstić information content (AvgIpc) is 2.86. The molecule has 0 aliphatic carbocycles. The molecule has 3 N–H and O–H groups in total. The van der Waals surface area contributed by atoms with Crippen molar-refractivity contribution in [2.24, 2.45) is 0 Å². The number of terminal acetylenes is 1. The molecule has 0 aliphatic rings. The van der Waals surface area contributed by atoms with Crippen molar-refractivity contribution in [1.29, 1.82) is 0 Å². The van der Waals surface area contributed by atoms with Crippen molar-refractivity contribution in [3.8, 4) is 23.7 Å². The quantitative estimate of drug-likeness (QED) is 0.492. The second kappa shape index (κ2) is 7.00. The Morgan fingerprint density at radius 2 is 2.14 bits per heavy atom. The van der Waals surface area contributed by atoms with Crippen LogP contribution >= 0.6 is 11.8 Å². The minimum atomic E-state index is -0.370. The predicted molar refractivity (Wildman–Crippen MR) is 87.5 cm³/mol. The summed E-state index contributed by atoms with van der Waals surface area (Å²) in [4.78, 5) is 11.8. The Bertz CT molecular complexity index is 702. The maximum Gasteiger partial charge on any atom is 0.234 e. The predicted octanol–water partition coefficient (Wildman–Crippen LogP) is 1.20. The standard InChI is InChI=1S/C15H17N5OS/c1-4-9-17-14(21)11(3)22-15-19-18-13(20(15)16)12-7-5-10(2)6-8-12/h1,5-8,11H,9,16H2,2-3H3,(H,17,21). The molecule has 0 aliphatic heterocycles. The van der Waals surface area contributed by atoms with E-state index in [1.807, 2.05) is 31.2 Å². The van der Waals surface area contributed by atoms with E-state index in [4.69, 9.17) is 12.3 Å². The van der Waals surface area contributed by atoms with Crippen molar-refractivity contribution in [3.63, 3.8) is 0 Å². The first kappa shape index (κ1) is 15.9. The molecule has 1 amide bonds. The third-order valence-corrected chi connectivity index (χ3v) is 4.05. The van der Waals surface area contributed by atoms with E-state index in [9.17, 15) is 4.79 Å². The Kier molecular flexibility index (Phi) is 5.07. The van der Waals surface area contributed by atoms with Gasteiger partial charge in [0.1, 0.15) is 0 Å². The first-order valence-corrected chi connectivity index (χ1v) is 7.56. The fraction of sp³-hybridized carbons (Fsp3) is 0.267. The highest BCUT2D eigenvalue weighted by atomic mass is 32.2. The molecule has 7 heteroatoms. The van der Waals surface area contributed by atoms with Crippen molar-refractivity contribution >= 4 is 17.7 Å². The average molecular weight is 315 g/mol. The van der Waals surface area contributed by atoms with Gasteiger partial charge in [-0.25, -0.2) is 4.68 Å². The maximum absolute atomic E-state index is 11.8. The minimum absolute atomic E-state index is 0.164. The maximum atomic E-state index is 11.8. The van der Waals surface area contributed by atoms with Gasteiger partial charge in [-0.1, -0.05) is 47.5 Å². The number of nitrogens with one attached hydrogen (secondary N) is 1. The number of hydrogen-bond donors (Lipinski definition) is 2. The summed E-state index contributed by atoms with van der Waals surface area (Å²) < 4.78 is 1.39. The molecule has 1 aromatic carbocycles. The number of amides is 1. The monoisotopic (exact) mass is 315 g/mol. The van der Waals surface area contributed by atoms with Crippen LogP contribution in [-0.4, -0.2) is 32.6 Å². The van der Waals surface area contributed by atoms with Gasteiger partial charge in [0.25, 0.3) is 0 Å². The molecule has 1 atom stereocenters. The lowest BCUT2D eigenvalue weighted by molar-refractivity contribution is -0.120. The smallest absolute Gasteiger partial charge is 0.234 e. The van der Waals surface area contributed by atoms with Gasteiger partial charge in [-0.05, 0) is 13.8 Å². The highest BCUT2D eigenvalue weighted by Gasteiger charge is 2.19. The zero-order valence-corrected chi connectivity index (χ0v) is 13.2. The van der Waals surface area contributed by atoms with Gasteiger partial charge in [-0.2, -0.15) is 0 Å². The summed E-state index contributed by atoms with van der Waals surface area (Å²) in [7, 11) is 0. The van der Waals surface area contributed by atoms with Gasteiger partial charge < -0.3 is 11.2 Å². The Morgan fingerprint density at radius 3 is 2.77 bits per heavy atom. The van der Waals surface area contributed by atoms with E-state index in [1.54, 1.807) is 6.92 Å². The molecule has 0 bridgehead atoms. The van der Waals surface area contributed by atoms with Crippen LogP contribution in [0, 0.1) is 19.3 Å². The Hall–Kier alpha value is -2.46. The number of aromatic nitrogens is 3. The van der Waals surface area contributed by atoms with E-state index in [-0.39, 0.29) is 17.7 Å². The lowest BCUT2D eigenvalue weighted by Crippen LogP contribution is -2.31. The molecule has 114 valence electrons. The van der Waals surface area contributed by atoms with Crippen LogP contribution in [0.25, 0.3) is 11.4 Å². The summed E-state index contributed by atoms with van der Waals surface area (Å²) in [5, 5.41) is 10.9. The Morgan fingerprint density at radius 1 is 1.45 bits per heavy atom. The number of benzene rings is 1. The van der Waals surface area contributed by atoms with Gasteiger partial charge in [0.05, 0.1) is 11.8 Å². The number of carbonyl (C=O) groups excluding carboxylic acids is 1. The zero-order chi connectivity index (χ0) is 16.1. The summed E-state index contributed by atoms with van der Waals surface area (Å²) in [6, 6.07) is 7.82. The van der Waals surface area contributed by atoms with E-state index < -0.39 is 0 Å². The lowest BCUT2D eigenvalue weighted by Gasteiger charge is -2.10. The highest BCUT2D eigenvalue weighted by molar-refractivity contribution is 8.00. The fourth-order valence-corrected chi connectivity index (χ4v) is 2.54. The number of rotatable bonds is 5. The number of nitrogens with two attached hydrogens (primary N) is 1. The van der Waals surface area contributed by atoms with Gasteiger partial charge in [0.15, 0.2) is 5.82 Å². The van der Waals surface area contributed by atoms with Crippen LogP contribution in [0.3, 0.4) is 0 Å². The van der Waals surface area contributed by atoms with Gasteiger partial charge in [-0.3, -0.25) is 4.79 Å². The van der Waals surface area contributed by atoms with Crippen LogP contribution < -0.4 is 11.2 Å². The molecule has 0 saturated heterocycles. The van der Waals surface area contributed by atoms with E-state index in [0.717, 1.165) is 11.1 Å². The molecule has 2 rings (SSSR count). The SMILES string of the molecule is C#CCNC(=O)C(C)Sc1nnc(-c2ccc(C)cc2)n1N. The van der Waals surface area contributed by atoms with E-state index in [1.165, 1.54) is 16.4 Å². The van der Waals surface area contributed by atoms with Crippen molar-refractivity contribution < 1.29 is 4.79 Å². The molecule has 22 heavy (non-hydrogen) atoms. The number of nitrogens with zero attached hydrogens (tertiary/aromatic N) is 3. The molecule has 0 saturated carbocycles. The Balaban J connectivity index is 2.13. The highest BCUT2D eigenvalue weighted by Crippen LogP contribution is 2.24. The molecule has 1 aromatic heterocycles. The van der Waals surface area contributed by atoms with E-state index >= 15 is 0 Å². The first-order valence-electron chi connectivity index (χ1n) is 6.68. The van der Waals surface area contributed by atoms with Crippen LogP contribution in [0.1, 0.15) is 12.5 Å². The molecular weight excluding hydrogens is 298 g/mol. The van der Waals surface area contributed by atoms with Crippen LogP contribution in [0.4, 0.5) is 0 Å². The second-order valence-electron chi connectivity index (χ2n) is 4.72. The summed E-state index contributed by atoms with van der Waals surface area (Å²) in [6.45, 7) is 3.97. The molecule has 2 aromatic rings. The number of thioether (sulfide) groups is 1. The van der Waals surface area contributed by atoms with Gasteiger partial charge >= 0.3 is 0 Å². The van der Waals surface area contributed by atoms with Gasteiger partial charge in [0.2, 0.25) is 11.1 Å². The molecule has 0 spiro atoms. The molecule has 0 radical (unpaired) electrons. The first-order chi connectivity index (χ1) is 10.5. The molecule has 1 heterocycles. The lowest BCUT2D eigenvalue weighted by atomic mass is 10.1. The van der Waals surface area contributed by atoms with Crippen molar-refractivity contribution in [3.05, 3.63) is 29.8 Å². The minimum Gasteiger partial charge on any atom is -0.344 e. The molecule has 1 unspecified atom stereocenters. The van der Waals surface area contributed by atoms with Crippen LogP contribution in [0.2, 0.25) is 0 Å². The van der Waals surface area contributed by atoms with Gasteiger partial charge in [-0.15, -0.1) is 16.6 Å². The van der Waals surface area contributed by atoms with Gasteiger partial charge in [0, 0.05) is 5.56 Å². The summed E-state index contributed by atoms with van der Waals surface area (Å²) in [6.07, 6.45) is 5.11. The number of carbonyl (C=O) groups is 1. The molecule has 0 fully saturated rings. The van der Waals surface area contributed by atoms with Crippen LogP contribution in [-0.2, 0) is 4.79 Å². The fourth-order valence-electron chi connectivity index (χ4n) is 1.75. The zero-order valence-electron chi connectivity index (χ0n) is 12.4. The summed E-state index contributed by atoms with van der Waals surface area (Å²) in [5.74, 6) is 8.78. The molecule has 6 nitrogen and oxygen atoms in total. The second-order valence-corrected chi connectivity index (χ2v) is 6.03. The normalized spacial score (nSPS) is 11.7. The van der Waals surface area contributed by atoms with Crippen molar-refractivity contribution in [2.45, 2.75) is 24.3 Å². The van der Waals surface area contributed by atoms with Crippen LogP contribution in [0.5, 0.6) is 0 Å².